The molecule has 1 saturated heterocycles. The molecule has 3 aromatic heterocycles. The van der Waals surface area contributed by atoms with Crippen molar-refractivity contribution < 1.29 is 4.79 Å². The van der Waals surface area contributed by atoms with Crippen LogP contribution in [-0.4, -0.2) is 43.6 Å². The van der Waals surface area contributed by atoms with Crippen LogP contribution in [-0.2, 0) is 6.54 Å². The van der Waals surface area contributed by atoms with Crippen molar-refractivity contribution in [2.24, 2.45) is 0 Å². The summed E-state index contributed by atoms with van der Waals surface area (Å²) in [5, 5.41) is 11.1. The number of piperidine rings is 1. The van der Waals surface area contributed by atoms with Crippen LogP contribution in [0.4, 0.5) is 10.6 Å². The number of nitrogens with zero attached hydrogens (tertiary/aromatic N) is 5. The molecule has 1 aliphatic rings. The van der Waals surface area contributed by atoms with E-state index in [9.17, 15) is 4.79 Å². The molecule has 0 unspecified atom stereocenters. The molecule has 35 heavy (non-hydrogen) atoms. The molecule has 1 aromatic carbocycles. The lowest BCUT2D eigenvalue weighted by Gasteiger charge is -2.33. The van der Waals surface area contributed by atoms with E-state index in [2.05, 4.69) is 42.7 Å². The Kier molecular flexibility index (Phi) is 6.94. The third-order valence-corrected chi connectivity index (χ3v) is 7.04. The van der Waals surface area contributed by atoms with Crippen LogP contribution in [0.5, 0.6) is 0 Å². The highest BCUT2D eigenvalue weighted by Crippen LogP contribution is 2.31. The quantitative estimate of drug-likeness (QED) is 0.358. The number of urea groups is 1. The smallest absolute Gasteiger partial charge is 0.317 e. The van der Waals surface area contributed by atoms with Crippen LogP contribution < -0.4 is 10.6 Å². The molecule has 0 radical (unpaired) electrons. The highest BCUT2D eigenvalue weighted by Gasteiger charge is 2.26. The van der Waals surface area contributed by atoms with Crippen LogP contribution in [0.3, 0.4) is 0 Å². The number of benzene rings is 1. The molecule has 0 saturated carbocycles. The number of hydrogen-bond donors (Lipinski definition) is 2. The molecule has 1 fully saturated rings. The second-order valence-electron chi connectivity index (χ2n) is 8.85. The Hall–Kier alpha value is -3.46. The number of carbonyl (C=O) groups excluding carboxylic acids is 1. The summed E-state index contributed by atoms with van der Waals surface area (Å²) < 4.78 is 2.67. The number of pyridine rings is 1. The molecule has 4 aromatic rings. The Morgan fingerprint density at radius 1 is 1.14 bits per heavy atom. The van der Waals surface area contributed by atoms with Gasteiger partial charge in [0, 0.05) is 49.7 Å². The van der Waals surface area contributed by atoms with E-state index in [-0.39, 0.29) is 18.0 Å². The van der Waals surface area contributed by atoms with Crippen molar-refractivity contribution in [3.05, 3.63) is 88.4 Å². The zero-order valence-electron chi connectivity index (χ0n) is 19.6. The molecule has 8 nitrogen and oxygen atoms in total. The first-order chi connectivity index (χ1) is 17.1. The zero-order valence-corrected chi connectivity index (χ0v) is 21.1. The van der Waals surface area contributed by atoms with Crippen LogP contribution in [0.2, 0.25) is 0 Å². The number of anilines is 1. The number of aromatic nitrogens is 4. The van der Waals surface area contributed by atoms with Crippen LogP contribution in [0.25, 0.3) is 5.65 Å². The Bertz CT molecular complexity index is 1290. The van der Waals surface area contributed by atoms with Gasteiger partial charge >= 0.3 is 6.03 Å². The minimum Gasteiger partial charge on any atom is -0.366 e. The lowest BCUT2D eigenvalue weighted by Crippen LogP contribution is -2.44. The van der Waals surface area contributed by atoms with Gasteiger partial charge in [-0.2, -0.15) is 9.61 Å². The Balaban J connectivity index is 1.26. The predicted molar refractivity (Wildman–Crippen MR) is 139 cm³/mol. The maximum absolute atomic E-state index is 12.9. The van der Waals surface area contributed by atoms with Crippen molar-refractivity contribution in [2.45, 2.75) is 38.3 Å². The molecule has 4 heterocycles. The SMILES string of the molecule is C[C@H](NC(=O)N1CCC(c2cc(NCc3cccnc3)n3ncc(Br)c3n2)CC1)c1ccccc1. The molecular formula is C26H28BrN7O. The third kappa shape index (κ3) is 5.30. The van der Waals surface area contributed by atoms with Crippen molar-refractivity contribution in [3.8, 4) is 0 Å². The first kappa shape index (κ1) is 23.3. The summed E-state index contributed by atoms with van der Waals surface area (Å²) >= 11 is 3.58. The topological polar surface area (TPSA) is 87.5 Å². The summed E-state index contributed by atoms with van der Waals surface area (Å²) in [7, 11) is 0. The fourth-order valence-electron chi connectivity index (χ4n) is 4.47. The first-order valence-electron chi connectivity index (χ1n) is 11.9. The van der Waals surface area contributed by atoms with E-state index in [4.69, 9.17) is 4.98 Å². The Morgan fingerprint density at radius 3 is 2.69 bits per heavy atom. The minimum absolute atomic E-state index is 0.0134. The molecule has 0 bridgehead atoms. The lowest BCUT2D eigenvalue weighted by molar-refractivity contribution is 0.178. The molecule has 1 atom stereocenters. The van der Waals surface area contributed by atoms with E-state index < -0.39 is 0 Å². The maximum atomic E-state index is 12.9. The van der Waals surface area contributed by atoms with Gasteiger partial charge in [0.15, 0.2) is 5.65 Å². The normalized spacial score (nSPS) is 15.2. The van der Waals surface area contributed by atoms with Crippen LogP contribution >= 0.6 is 15.9 Å². The van der Waals surface area contributed by atoms with E-state index in [0.29, 0.717) is 19.6 Å². The van der Waals surface area contributed by atoms with Gasteiger partial charge in [0.2, 0.25) is 0 Å². The molecular weight excluding hydrogens is 506 g/mol. The number of amides is 2. The monoisotopic (exact) mass is 533 g/mol. The van der Waals surface area contributed by atoms with Gasteiger partial charge in [0.05, 0.1) is 16.7 Å². The van der Waals surface area contributed by atoms with Gasteiger partial charge in [0.25, 0.3) is 0 Å². The summed E-state index contributed by atoms with van der Waals surface area (Å²) in [5.74, 6) is 1.16. The molecule has 2 amide bonds. The Labute approximate surface area is 212 Å². The zero-order chi connectivity index (χ0) is 24.2. The summed E-state index contributed by atoms with van der Waals surface area (Å²) in [5.41, 5.74) is 4.00. The van der Waals surface area contributed by atoms with E-state index in [1.54, 1.807) is 12.4 Å². The summed E-state index contributed by atoms with van der Waals surface area (Å²) in [4.78, 5) is 23.9. The summed E-state index contributed by atoms with van der Waals surface area (Å²) in [6.07, 6.45) is 7.12. The molecule has 5 rings (SSSR count). The van der Waals surface area contributed by atoms with Gasteiger partial charge in [-0.15, -0.1) is 0 Å². The first-order valence-corrected chi connectivity index (χ1v) is 12.6. The van der Waals surface area contributed by atoms with E-state index >= 15 is 0 Å². The minimum atomic E-state index is -0.0295. The number of likely N-dealkylation sites (tertiary alicyclic amines) is 1. The second kappa shape index (κ2) is 10.4. The highest BCUT2D eigenvalue weighted by atomic mass is 79.9. The van der Waals surface area contributed by atoms with Crippen molar-refractivity contribution >= 4 is 33.4 Å². The summed E-state index contributed by atoms with van der Waals surface area (Å²) in [6, 6.07) is 16.0. The standard InChI is InChI=1S/C26H28BrN7O/c1-18(20-7-3-2-4-8-20)31-26(35)33-12-9-21(10-13-33)23-14-24(29-16-19-6-5-11-28-15-19)34-25(32-23)22(27)17-30-34/h2-8,11,14-15,17-18,21,29H,9-10,12-13,16H2,1H3,(H,31,35)/t18-/m0/s1. The maximum Gasteiger partial charge on any atom is 0.317 e. The van der Waals surface area contributed by atoms with Crippen molar-refractivity contribution in [3.63, 3.8) is 0 Å². The van der Waals surface area contributed by atoms with E-state index in [0.717, 1.165) is 45.6 Å². The Morgan fingerprint density at radius 2 is 1.94 bits per heavy atom. The van der Waals surface area contributed by atoms with Crippen molar-refractivity contribution in [2.75, 3.05) is 18.4 Å². The van der Waals surface area contributed by atoms with Gasteiger partial charge in [-0.3, -0.25) is 4.98 Å². The number of hydrogen-bond acceptors (Lipinski definition) is 5. The van der Waals surface area contributed by atoms with Crippen LogP contribution in [0, 0.1) is 0 Å². The molecule has 1 aliphatic heterocycles. The van der Waals surface area contributed by atoms with Gasteiger partial charge in [0.1, 0.15) is 5.82 Å². The van der Waals surface area contributed by atoms with Crippen LogP contribution in [0.15, 0.2) is 71.6 Å². The highest BCUT2D eigenvalue weighted by molar-refractivity contribution is 9.10. The molecule has 9 heteroatoms. The largest absolute Gasteiger partial charge is 0.366 e. The average molecular weight is 534 g/mol. The van der Waals surface area contributed by atoms with E-state index in [1.807, 2.05) is 65.0 Å². The van der Waals surface area contributed by atoms with Gasteiger partial charge in [-0.25, -0.2) is 9.78 Å². The van der Waals surface area contributed by atoms with Gasteiger partial charge < -0.3 is 15.5 Å². The van der Waals surface area contributed by atoms with Crippen LogP contribution in [0.1, 0.15) is 48.5 Å². The van der Waals surface area contributed by atoms with Gasteiger partial charge in [-0.05, 0) is 52.9 Å². The average Bonchev–Trinajstić information content (AvgIpc) is 3.29. The molecule has 2 N–H and O–H groups in total. The number of carbonyl (C=O) groups is 1. The number of fused-ring (bicyclic) bond motifs is 1. The van der Waals surface area contributed by atoms with E-state index in [1.165, 1.54) is 0 Å². The fraction of sp³-hybridized carbons (Fsp3) is 0.308. The second-order valence-corrected chi connectivity index (χ2v) is 9.71. The van der Waals surface area contributed by atoms with Gasteiger partial charge in [-0.1, -0.05) is 36.4 Å². The number of nitrogens with one attached hydrogen (secondary N) is 2. The lowest BCUT2D eigenvalue weighted by atomic mass is 9.93. The number of rotatable bonds is 6. The molecule has 0 aliphatic carbocycles. The molecule has 180 valence electrons. The van der Waals surface area contributed by atoms with Crippen molar-refractivity contribution in [1.29, 1.82) is 0 Å². The number of halogens is 1. The van der Waals surface area contributed by atoms with Crippen molar-refractivity contribution in [1.82, 2.24) is 29.8 Å². The third-order valence-electron chi connectivity index (χ3n) is 6.49. The summed E-state index contributed by atoms with van der Waals surface area (Å²) in [6.45, 7) is 4.05. The molecule has 0 spiro atoms. The fourth-order valence-corrected chi connectivity index (χ4v) is 4.81. The predicted octanol–water partition coefficient (Wildman–Crippen LogP) is 5.15.